The number of carbonyl (C=O) groups excluding carboxylic acids is 1. The minimum atomic E-state index is -0.380. The SMILES string of the molecule is Cc1ncc(C(=O)NC2CCN(C3CCOCC3)CC2)c(=O)[nH]1. The van der Waals surface area contributed by atoms with E-state index < -0.39 is 0 Å². The van der Waals surface area contributed by atoms with Gasteiger partial charge >= 0.3 is 0 Å². The lowest BCUT2D eigenvalue weighted by atomic mass is 9.99. The Kier molecular flexibility index (Phi) is 5.07. The lowest BCUT2D eigenvalue weighted by molar-refractivity contribution is 0.0238. The molecule has 3 heterocycles. The van der Waals surface area contributed by atoms with Gasteiger partial charge in [0.1, 0.15) is 11.4 Å². The van der Waals surface area contributed by atoms with Crippen LogP contribution in [-0.4, -0.2) is 59.2 Å². The Hall–Kier alpha value is -1.73. The zero-order valence-electron chi connectivity index (χ0n) is 13.5. The van der Waals surface area contributed by atoms with E-state index in [1.165, 1.54) is 6.20 Å². The molecule has 2 N–H and O–H groups in total. The van der Waals surface area contributed by atoms with Crippen molar-refractivity contribution in [3.63, 3.8) is 0 Å². The fourth-order valence-corrected chi connectivity index (χ4v) is 3.37. The second-order valence-electron chi connectivity index (χ2n) is 6.34. The van der Waals surface area contributed by atoms with E-state index in [0.717, 1.165) is 52.0 Å². The second-order valence-corrected chi connectivity index (χ2v) is 6.34. The van der Waals surface area contributed by atoms with Crippen LogP contribution in [0.3, 0.4) is 0 Å². The molecule has 0 bridgehead atoms. The summed E-state index contributed by atoms with van der Waals surface area (Å²) in [6, 6.07) is 0.740. The molecule has 1 aromatic rings. The van der Waals surface area contributed by atoms with Crippen LogP contribution < -0.4 is 10.9 Å². The number of ether oxygens (including phenoxy) is 1. The Balaban J connectivity index is 1.52. The fourth-order valence-electron chi connectivity index (χ4n) is 3.37. The number of amides is 1. The summed E-state index contributed by atoms with van der Waals surface area (Å²) in [4.78, 5) is 33.1. The van der Waals surface area contributed by atoms with Crippen molar-refractivity contribution >= 4 is 5.91 Å². The van der Waals surface area contributed by atoms with Crippen LogP contribution in [0.4, 0.5) is 0 Å². The van der Waals surface area contributed by atoms with Gasteiger partial charge in [0.15, 0.2) is 0 Å². The molecular weight excluding hydrogens is 296 g/mol. The third kappa shape index (κ3) is 3.97. The highest BCUT2D eigenvalue weighted by atomic mass is 16.5. The summed E-state index contributed by atoms with van der Waals surface area (Å²) >= 11 is 0. The highest BCUT2D eigenvalue weighted by molar-refractivity contribution is 5.93. The summed E-state index contributed by atoms with van der Waals surface area (Å²) in [6.07, 6.45) is 5.38. The van der Waals surface area contributed by atoms with Crippen LogP contribution in [0.5, 0.6) is 0 Å². The number of piperidine rings is 1. The molecule has 3 rings (SSSR count). The van der Waals surface area contributed by atoms with Crippen molar-refractivity contribution in [2.75, 3.05) is 26.3 Å². The Bertz CT molecular complexity index is 602. The Morgan fingerprint density at radius 2 is 2.00 bits per heavy atom. The number of hydrogen-bond donors (Lipinski definition) is 2. The van der Waals surface area contributed by atoms with Crippen molar-refractivity contribution in [2.45, 2.75) is 44.7 Å². The Morgan fingerprint density at radius 3 is 2.65 bits per heavy atom. The average Bonchev–Trinajstić information content (AvgIpc) is 2.56. The third-order valence-electron chi connectivity index (χ3n) is 4.74. The van der Waals surface area contributed by atoms with E-state index in [4.69, 9.17) is 4.74 Å². The molecule has 1 aromatic heterocycles. The molecule has 2 fully saturated rings. The zero-order valence-corrected chi connectivity index (χ0v) is 13.5. The summed E-state index contributed by atoms with van der Waals surface area (Å²) in [6.45, 7) is 5.36. The van der Waals surface area contributed by atoms with E-state index in [1.807, 2.05) is 0 Å². The number of carbonyl (C=O) groups is 1. The number of H-pyrrole nitrogens is 1. The standard InChI is InChI=1S/C16H24N4O3/c1-11-17-10-14(15(21)18-11)16(22)19-12-2-6-20(7-3-12)13-4-8-23-9-5-13/h10,12-13H,2-9H2,1H3,(H,19,22)(H,17,18,21). The summed E-state index contributed by atoms with van der Waals surface area (Å²) < 4.78 is 5.41. The van der Waals surface area contributed by atoms with Gasteiger partial charge in [0.2, 0.25) is 0 Å². The summed E-state index contributed by atoms with van der Waals surface area (Å²) in [5, 5.41) is 2.97. The topological polar surface area (TPSA) is 87.3 Å². The van der Waals surface area contributed by atoms with Crippen LogP contribution >= 0.6 is 0 Å². The van der Waals surface area contributed by atoms with Gasteiger partial charge in [-0.3, -0.25) is 9.59 Å². The van der Waals surface area contributed by atoms with Crippen molar-refractivity contribution in [1.82, 2.24) is 20.2 Å². The van der Waals surface area contributed by atoms with Crippen LogP contribution in [-0.2, 0) is 4.74 Å². The van der Waals surface area contributed by atoms with Gasteiger partial charge in [0.25, 0.3) is 11.5 Å². The maximum atomic E-state index is 12.2. The van der Waals surface area contributed by atoms with Crippen LogP contribution in [0.1, 0.15) is 41.9 Å². The highest BCUT2D eigenvalue weighted by Gasteiger charge is 2.27. The maximum absolute atomic E-state index is 12.2. The van der Waals surface area contributed by atoms with E-state index >= 15 is 0 Å². The fraction of sp³-hybridized carbons (Fsp3) is 0.688. The summed E-state index contributed by atoms with van der Waals surface area (Å²) in [7, 11) is 0. The number of aromatic nitrogens is 2. The zero-order chi connectivity index (χ0) is 16.2. The third-order valence-corrected chi connectivity index (χ3v) is 4.74. The molecule has 0 spiro atoms. The number of hydrogen-bond acceptors (Lipinski definition) is 5. The van der Waals surface area contributed by atoms with Crippen LogP contribution in [0, 0.1) is 6.92 Å². The first kappa shape index (κ1) is 16.1. The van der Waals surface area contributed by atoms with E-state index in [2.05, 4.69) is 20.2 Å². The monoisotopic (exact) mass is 320 g/mol. The maximum Gasteiger partial charge on any atom is 0.263 e. The van der Waals surface area contributed by atoms with Gasteiger partial charge in [-0.05, 0) is 32.6 Å². The minimum absolute atomic E-state index is 0.0856. The van der Waals surface area contributed by atoms with Gasteiger partial charge < -0.3 is 19.9 Å². The van der Waals surface area contributed by atoms with Crippen LogP contribution in [0.25, 0.3) is 0 Å². The van der Waals surface area contributed by atoms with Gasteiger partial charge in [-0.15, -0.1) is 0 Å². The van der Waals surface area contributed by atoms with Crippen molar-refractivity contribution < 1.29 is 9.53 Å². The molecule has 0 aliphatic carbocycles. The lowest BCUT2D eigenvalue weighted by Crippen LogP contribution is -2.49. The van der Waals surface area contributed by atoms with Gasteiger partial charge in [-0.1, -0.05) is 0 Å². The first-order chi connectivity index (χ1) is 11.1. The molecule has 0 radical (unpaired) electrons. The molecule has 2 saturated heterocycles. The second kappa shape index (κ2) is 7.23. The van der Waals surface area contributed by atoms with Gasteiger partial charge in [-0.25, -0.2) is 4.98 Å². The molecule has 0 aromatic carbocycles. The highest BCUT2D eigenvalue weighted by Crippen LogP contribution is 2.20. The number of nitrogens with zero attached hydrogens (tertiary/aromatic N) is 2. The Labute approximate surface area is 135 Å². The van der Waals surface area contributed by atoms with Gasteiger partial charge in [0.05, 0.1) is 0 Å². The molecule has 0 atom stereocenters. The largest absolute Gasteiger partial charge is 0.381 e. The number of aromatic amines is 1. The van der Waals surface area contributed by atoms with Crippen LogP contribution in [0.15, 0.2) is 11.0 Å². The van der Waals surface area contributed by atoms with Crippen molar-refractivity contribution in [2.24, 2.45) is 0 Å². The predicted octanol–water partition coefficient (Wildman–Crippen LogP) is 0.452. The van der Waals surface area contributed by atoms with E-state index in [-0.39, 0.29) is 23.1 Å². The van der Waals surface area contributed by atoms with Gasteiger partial charge in [-0.2, -0.15) is 0 Å². The molecule has 7 nitrogen and oxygen atoms in total. The molecule has 2 aliphatic rings. The van der Waals surface area contributed by atoms with Crippen molar-refractivity contribution in [1.29, 1.82) is 0 Å². The van der Waals surface area contributed by atoms with E-state index in [9.17, 15) is 9.59 Å². The normalized spacial score (nSPS) is 21.3. The predicted molar refractivity (Wildman–Crippen MR) is 85.5 cm³/mol. The lowest BCUT2D eigenvalue weighted by Gasteiger charge is -2.39. The minimum Gasteiger partial charge on any atom is -0.381 e. The van der Waals surface area contributed by atoms with Crippen molar-refractivity contribution in [3.8, 4) is 0 Å². The number of rotatable bonds is 3. The first-order valence-corrected chi connectivity index (χ1v) is 8.32. The van der Waals surface area contributed by atoms with E-state index in [0.29, 0.717) is 11.9 Å². The quantitative estimate of drug-likeness (QED) is 0.844. The molecule has 0 saturated carbocycles. The molecule has 7 heteroatoms. The molecule has 2 aliphatic heterocycles. The molecule has 1 amide bonds. The first-order valence-electron chi connectivity index (χ1n) is 8.32. The number of likely N-dealkylation sites (tertiary alicyclic amines) is 1. The van der Waals surface area contributed by atoms with E-state index in [1.54, 1.807) is 6.92 Å². The smallest absolute Gasteiger partial charge is 0.263 e. The molecular formula is C16H24N4O3. The van der Waals surface area contributed by atoms with Crippen molar-refractivity contribution in [3.05, 3.63) is 27.9 Å². The average molecular weight is 320 g/mol. The molecule has 0 unspecified atom stereocenters. The number of aryl methyl sites for hydroxylation is 1. The summed E-state index contributed by atoms with van der Waals surface area (Å²) in [5.41, 5.74) is -0.294. The van der Waals surface area contributed by atoms with Crippen LogP contribution in [0.2, 0.25) is 0 Å². The molecule has 23 heavy (non-hydrogen) atoms. The molecule has 126 valence electrons. The summed E-state index contributed by atoms with van der Waals surface area (Å²) in [5.74, 6) is 0.180. The number of nitrogens with one attached hydrogen (secondary N) is 2. The Morgan fingerprint density at radius 1 is 1.30 bits per heavy atom. The van der Waals surface area contributed by atoms with Gasteiger partial charge in [0, 0.05) is 44.6 Å².